The van der Waals surface area contributed by atoms with Crippen molar-refractivity contribution in [2.45, 2.75) is 72.6 Å². The van der Waals surface area contributed by atoms with E-state index in [0.29, 0.717) is 12.8 Å². The lowest BCUT2D eigenvalue weighted by Gasteiger charge is -1.97. The average Bonchev–Trinajstić information content (AvgIpc) is 2.64. The fourth-order valence-corrected chi connectivity index (χ4v) is 2.55. The number of carboxylic acid groups (broad SMARTS) is 2. The van der Waals surface area contributed by atoms with Crippen LogP contribution in [-0.4, -0.2) is 22.2 Å². The Labute approximate surface area is 175 Å². The first kappa shape index (κ1) is 26.4. The summed E-state index contributed by atoms with van der Waals surface area (Å²) < 4.78 is 0. The van der Waals surface area contributed by atoms with Crippen molar-refractivity contribution in [3.8, 4) is 0 Å². The molecule has 0 aliphatic rings. The fraction of sp³-hybridized carbons (Fsp3) is 0.440. The predicted molar refractivity (Wildman–Crippen MR) is 119 cm³/mol. The molecule has 2 aromatic rings. The minimum Gasteiger partial charge on any atom is -0.481 e. The van der Waals surface area contributed by atoms with Crippen molar-refractivity contribution in [3.63, 3.8) is 0 Å². The van der Waals surface area contributed by atoms with Gasteiger partial charge in [-0.3, -0.25) is 9.59 Å². The molecule has 0 unspecified atom stereocenters. The van der Waals surface area contributed by atoms with Crippen LogP contribution in [0.3, 0.4) is 0 Å². The Morgan fingerprint density at radius 3 is 1.28 bits per heavy atom. The van der Waals surface area contributed by atoms with Crippen molar-refractivity contribution < 1.29 is 19.8 Å². The molecule has 0 aromatic heterocycles. The van der Waals surface area contributed by atoms with Gasteiger partial charge in [0, 0.05) is 12.8 Å². The summed E-state index contributed by atoms with van der Waals surface area (Å²) >= 11 is 0. The highest BCUT2D eigenvalue weighted by molar-refractivity contribution is 5.66. The number of benzene rings is 2. The third-order valence-corrected chi connectivity index (χ3v) is 4.38. The molecule has 0 aliphatic heterocycles. The number of carboxylic acids is 2. The Hall–Kier alpha value is -2.62. The number of aliphatic carboxylic acids is 2. The van der Waals surface area contributed by atoms with Gasteiger partial charge in [0.1, 0.15) is 0 Å². The van der Waals surface area contributed by atoms with Gasteiger partial charge in [0.25, 0.3) is 0 Å². The fourth-order valence-electron chi connectivity index (χ4n) is 2.55. The Balaban J connectivity index is 0.000000423. The summed E-state index contributed by atoms with van der Waals surface area (Å²) in [7, 11) is 0. The molecule has 4 nitrogen and oxygen atoms in total. The molecule has 0 aliphatic carbocycles. The van der Waals surface area contributed by atoms with Crippen molar-refractivity contribution in [1.82, 2.24) is 0 Å². The van der Waals surface area contributed by atoms with Gasteiger partial charge in [0.05, 0.1) is 0 Å². The van der Waals surface area contributed by atoms with Gasteiger partial charge >= 0.3 is 11.9 Å². The van der Waals surface area contributed by atoms with Crippen molar-refractivity contribution in [2.75, 3.05) is 0 Å². The molecular formula is C25H36O4. The highest BCUT2D eigenvalue weighted by Gasteiger charge is 1.98. The summed E-state index contributed by atoms with van der Waals surface area (Å²) in [5.74, 6) is -1.52. The largest absolute Gasteiger partial charge is 0.481 e. The lowest BCUT2D eigenvalue weighted by Crippen LogP contribution is -1.95. The second-order valence-electron chi connectivity index (χ2n) is 7.30. The zero-order valence-electron chi connectivity index (χ0n) is 18.3. The molecule has 0 saturated carbocycles. The maximum Gasteiger partial charge on any atom is 0.303 e. The molecule has 4 heteroatoms. The minimum absolute atomic E-state index is 0.221. The molecule has 0 atom stereocenters. The number of aryl methyl sites for hydroxylation is 4. The smallest absolute Gasteiger partial charge is 0.303 e. The Morgan fingerprint density at radius 1 is 0.621 bits per heavy atom. The van der Waals surface area contributed by atoms with Gasteiger partial charge in [-0.15, -0.1) is 0 Å². The van der Waals surface area contributed by atoms with Crippen LogP contribution >= 0.6 is 0 Å². The van der Waals surface area contributed by atoms with E-state index in [1.54, 1.807) is 0 Å². The van der Waals surface area contributed by atoms with E-state index in [1.165, 1.54) is 22.3 Å². The second-order valence-corrected chi connectivity index (χ2v) is 7.30. The van der Waals surface area contributed by atoms with Gasteiger partial charge in [-0.05, 0) is 51.7 Å². The zero-order valence-corrected chi connectivity index (χ0v) is 18.3. The summed E-state index contributed by atoms with van der Waals surface area (Å²) in [5.41, 5.74) is 5.41. The van der Waals surface area contributed by atoms with E-state index in [-0.39, 0.29) is 12.8 Å². The SMILES string of the molecule is Cc1cccc(C)c1.Cc1ccccc1C.O=C(O)CCCCCCCC(=O)O. The predicted octanol–water partition coefficient (Wildman–Crippen LogP) is 6.49. The van der Waals surface area contributed by atoms with Crippen molar-refractivity contribution in [1.29, 1.82) is 0 Å². The summed E-state index contributed by atoms with van der Waals surface area (Å²) in [6, 6.07) is 16.8. The van der Waals surface area contributed by atoms with Gasteiger partial charge in [0.2, 0.25) is 0 Å². The molecule has 0 fully saturated rings. The van der Waals surface area contributed by atoms with Crippen LogP contribution in [0.1, 0.15) is 67.2 Å². The topological polar surface area (TPSA) is 74.6 Å². The van der Waals surface area contributed by atoms with E-state index in [9.17, 15) is 9.59 Å². The number of hydrogen-bond donors (Lipinski definition) is 2. The summed E-state index contributed by atoms with van der Waals surface area (Å²) in [6.45, 7) is 8.45. The van der Waals surface area contributed by atoms with Crippen LogP contribution in [-0.2, 0) is 9.59 Å². The van der Waals surface area contributed by atoms with Crippen LogP contribution in [0.4, 0.5) is 0 Å². The van der Waals surface area contributed by atoms with Gasteiger partial charge in [-0.2, -0.15) is 0 Å². The molecule has 0 saturated heterocycles. The van der Waals surface area contributed by atoms with Gasteiger partial charge in [0.15, 0.2) is 0 Å². The van der Waals surface area contributed by atoms with E-state index < -0.39 is 11.9 Å². The van der Waals surface area contributed by atoms with Gasteiger partial charge in [-0.25, -0.2) is 0 Å². The third kappa shape index (κ3) is 17.2. The van der Waals surface area contributed by atoms with Gasteiger partial charge in [-0.1, -0.05) is 78.9 Å². The van der Waals surface area contributed by atoms with Crippen molar-refractivity contribution in [3.05, 3.63) is 70.8 Å². The van der Waals surface area contributed by atoms with E-state index in [4.69, 9.17) is 10.2 Å². The highest BCUT2D eigenvalue weighted by Crippen LogP contribution is 2.07. The lowest BCUT2D eigenvalue weighted by molar-refractivity contribution is -0.138. The number of carbonyl (C=O) groups is 2. The molecule has 160 valence electrons. The zero-order chi connectivity index (χ0) is 22.1. The van der Waals surface area contributed by atoms with Crippen LogP contribution < -0.4 is 0 Å². The first-order chi connectivity index (χ1) is 13.7. The monoisotopic (exact) mass is 400 g/mol. The molecule has 0 bridgehead atoms. The van der Waals surface area contributed by atoms with Crippen molar-refractivity contribution >= 4 is 11.9 Å². The third-order valence-electron chi connectivity index (χ3n) is 4.38. The van der Waals surface area contributed by atoms with E-state index >= 15 is 0 Å². The number of unbranched alkanes of at least 4 members (excludes halogenated alkanes) is 4. The highest BCUT2D eigenvalue weighted by atomic mass is 16.4. The Bertz CT molecular complexity index is 666. The van der Waals surface area contributed by atoms with Crippen molar-refractivity contribution in [2.24, 2.45) is 0 Å². The molecule has 2 rings (SSSR count). The number of rotatable bonds is 8. The summed E-state index contributed by atoms with van der Waals surface area (Å²) in [4.78, 5) is 20.2. The maximum absolute atomic E-state index is 10.1. The normalized spacial score (nSPS) is 9.52. The Kier molecular flexibility index (Phi) is 14.9. The molecule has 0 radical (unpaired) electrons. The summed E-state index contributed by atoms with van der Waals surface area (Å²) in [5, 5.41) is 16.6. The van der Waals surface area contributed by atoms with Crippen LogP contribution in [0.2, 0.25) is 0 Å². The van der Waals surface area contributed by atoms with E-state index in [0.717, 1.165) is 19.3 Å². The molecule has 0 spiro atoms. The standard InChI is InChI=1S/C9H16O4.2C8H10/c10-8(11)6-4-2-1-3-5-7-9(12)13;1-7-4-3-5-8(2)6-7;1-7-5-3-4-6-8(7)2/h1-7H2,(H,10,11)(H,12,13);2*3-6H,1-2H3. The molecule has 2 aromatic carbocycles. The quantitative estimate of drug-likeness (QED) is 0.496. The number of hydrogen-bond acceptors (Lipinski definition) is 2. The van der Waals surface area contributed by atoms with Crippen LogP contribution in [0, 0.1) is 27.7 Å². The van der Waals surface area contributed by atoms with Gasteiger partial charge < -0.3 is 10.2 Å². The molecule has 2 N–H and O–H groups in total. The van der Waals surface area contributed by atoms with Crippen LogP contribution in [0.5, 0.6) is 0 Å². The average molecular weight is 401 g/mol. The van der Waals surface area contributed by atoms with E-state index in [1.807, 2.05) is 0 Å². The molecular weight excluding hydrogens is 364 g/mol. The van der Waals surface area contributed by atoms with Crippen LogP contribution in [0.25, 0.3) is 0 Å². The lowest BCUT2D eigenvalue weighted by atomic mass is 10.1. The molecule has 29 heavy (non-hydrogen) atoms. The van der Waals surface area contributed by atoms with E-state index in [2.05, 4.69) is 76.2 Å². The van der Waals surface area contributed by atoms with Crippen LogP contribution in [0.15, 0.2) is 48.5 Å². The summed E-state index contributed by atoms with van der Waals surface area (Å²) in [6.07, 6.45) is 4.53. The minimum atomic E-state index is -0.759. The molecule has 0 heterocycles. The second kappa shape index (κ2) is 16.3. The Morgan fingerprint density at radius 2 is 1.00 bits per heavy atom. The first-order valence-corrected chi connectivity index (χ1v) is 10.2. The maximum atomic E-state index is 10.1. The molecule has 0 amide bonds. The first-order valence-electron chi connectivity index (χ1n) is 10.2.